The van der Waals surface area contributed by atoms with Crippen molar-refractivity contribution in [1.82, 2.24) is 4.90 Å². The molecule has 4 heteroatoms. The van der Waals surface area contributed by atoms with Crippen LogP contribution in [0.5, 0.6) is 0 Å². The van der Waals surface area contributed by atoms with Crippen molar-refractivity contribution in [1.29, 1.82) is 0 Å². The minimum atomic E-state index is 0.0431. The Bertz CT molecular complexity index is 471. The normalized spacial score (nSPS) is 18.7. The second-order valence-corrected chi connectivity index (χ2v) is 6.64. The van der Waals surface area contributed by atoms with Crippen LogP contribution in [0.25, 0.3) is 0 Å². The number of rotatable bonds is 1. The zero-order valence-electron chi connectivity index (χ0n) is 10.9. The average Bonchev–Trinajstić information content (AvgIpc) is 2.30. The summed E-state index contributed by atoms with van der Waals surface area (Å²) >= 11 is 3.38. The summed E-state index contributed by atoms with van der Waals surface area (Å²) in [5.74, 6) is 0.0431. The minimum Gasteiger partial charge on any atom is -0.398 e. The van der Waals surface area contributed by atoms with Crippen LogP contribution in [0.1, 0.15) is 37.0 Å². The van der Waals surface area contributed by atoms with Gasteiger partial charge in [0.15, 0.2) is 0 Å². The minimum absolute atomic E-state index is 0.0431. The summed E-state index contributed by atoms with van der Waals surface area (Å²) in [6.45, 7) is 6.04. The monoisotopic (exact) mass is 310 g/mol. The highest BCUT2D eigenvalue weighted by molar-refractivity contribution is 9.10. The summed E-state index contributed by atoms with van der Waals surface area (Å²) in [4.78, 5) is 14.4. The highest BCUT2D eigenvalue weighted by Gasteiger charge is 2.30. The molecule has 1 aromatic rings. The number of nitrogen functional groups attached to an aromatic ring is 1. The molecule has 2 rings (SSSR count). The third-order valence-electron chi connectivity index (χ3n) is 3.43. The second-order valence-electron chi connectivity index (χ2n) is 5.73. The summed E-state index contributed by atoms with van der Waals surface area (Å²) in [7, 11) is 0. The molecule has 1 amide bonds. The molecule has 3 nitrogen and oxygen atoms in total. The van der Waals surface area contributed by atoms with Gasteiger partial charge in [-0.05, 0) is 36.5 Å². The van der Waals surface area contributed by atoms with Gasteiger partial charge in [0.1, 0.15) is 0 Å². The van der Waals surface area contributed by atoms with Gasteiger partial charge in [-0.2, -0.15) is 0 Å². The summed E-state index contributed by atoms with van der Waals surface area (Å²) in [5, 5.41) is 0. The summed E-state index contributed by atoms with van der Waals surface area (Å²) in [6.07, 6.45) is 2.23. The maximum absolute atomic E-state index is 12.5. The van der Waals surface area contributed by atoms with Crippen LogP contribution in [0.4, 0.5) is 5.69 Å². The highest BCUT2D eigenvalue weighted by atomic mass is 79.9. The van der Waals surface area contributed by atoms with Crippen molar-refractivity contribution in [3.63, 3.8) is 0 Å². The Balaban J connectivity index is 2.23. The molecule has 1 aliphatic heterocycles. The van der Waals surface area contributed by atoms with Gasteiger partial charge >= 0.3 is 0 Å². The van der Waals surface area contributed by atoms with Crippen molar-refractivity contribution in [2.75, 3.05) is 18.8 Å². The van der Waals surface area contributed by atoms with E-state index in [2.05, 4.69) is 29.8 Å². The molecule has 1 saturated heterocycles. The van der Waals surface area contributed by atoms with Gasteiger partial charge in [0.25, 0.3) is 5.91 Å². The SMILES string of the molecule is CC1(C)CCCN(C(=O)c2cc(Br)ccc2N)C1. The molecule has 1 fully saturated rings. The van der Waals surface area contributed by atoms with Crippen molar-refractivity contribution in [3.8, 4) is 0 Å². The van der Waals surface area contributed by atoms with Crippen molar-refractivity contribution in [2.45, 2.75) is 26.7 Å². The van der Waals surface area contributed by atoms with Gasteiger partial charge in [-0.1, -0.05) is 29.8 Å². The first-order chi connectivity index (χ1) is 8.39. The van der Waals surface area contributed by atoms with Gasteiger partial charge in [0, 0.05) is 23.2 Å². The topological polar surface area (TPSA) is 46.3 Å². The third-order valence-corrected chi connectivity index (χ3v) is 3.93. The largest absolute Gasteiger partial charge is 0.398 e. The molecule has 0 unspecified atom stereocenters. The maximum Gasteiger partial charge on any atom is 0.256 e. The molecular formula is C14H19BrN2O. The predicted molar refractivity (Wildman–Crippen MR) is 77.5 cm³/mol. The lowest BCUT2D eigenvalue weighted by molar-refractivity contribution is 0.0584. The van der Waals surface area contributed by atoms with Crippen LogP contribution >= 0.6 is 15.9 Å². The van der Waals surface area contributed by atoms with E-state index in [-0.39, 0.29) is 11.3 Å². The molecule has 0 aliphatic carbocycles. The van der Waals surface area contributed by atoms with Gasteiger partial charge in [0.2, 0.25) is 0 Å². The number of halogens is 1. The van der Waals surface area contributed by atoms with Crippen molar-refractivity contribution in [3.05, 3.63) is 28.2 Å². The number of benzene rings is 1. The number of amides is 1. The number of anilines is 1. The fraction of sp³-hybridized carbons (Fsp3) is 0.500. The Labute approximate surface area is 116 Å². The van der Waals surface area contributed by atoms with Crippen molar-refractivity contribution < 1.29 is 4.79 Å². The van der Waals surface area contributed by atoms with Gasteiger partial charge in [-0.15, -0.1) is 0 Å². The van der Waals surface area contributed by atoms with E-state index in [4.69, 9.17) is 5.73 Å². The first-order valence-corrected chi connectivity index (χ1v) is 7.03. The lowest BCUT2D eigenvalue weighted by atomic mass is 9.84. The maximum atomic E-state index is 12.5. The number of hydrogen-bond acceptors (Lipinski definition) is 2. The molecular weight excluding hydrogens is 292 g/mol. The number of nitrogens with two attached hydrogens (primary N) is 1. The number of hydrogen-bond donors (Lipinski definition) is 1. The molecule has 0 bridgehead atoms. The Morgan fingerprint density at radius 2 is 2.17 bits per heavy atom. The number of nitrogens with zero attached hydrogens (tertiary/aromatic N) is 1. The predicted octanol–water partition coefficient (Wildman–Crippen LogP) is 3.29. The standard InChI is InChI=1S/C14H19BrN2O/c1-14(2)6-3-7-17(9-14)13(18)11-8-10(15)4-5-12(11)16/h4-5,8H,3,6-7,9,16H2,1-2H3. The number of piperidine rings is 1. The Morgan fingerprint density at radius 3 is 2.83 bits per heavy atom. The van der Waals surface area contributed by atoms with Crippen molar-refractivity contribution >= 4 is 27.5 Å². The van der Waals surface area contributed by atoms with E-state index in [1.165, 1.54) is 6.42 Å². The summed E-state index contributed by atoms with van der Waals surface area (Å²) in [6, 6.07) is 5.43. The summed E-state index contributed by atoms with van der Waals surface area (Å²) in [5.41, 5.74) is 7.25. The third kappa shape index (κ3) is 2.86. The Morgan fingerprint density at radius 1 is 1.44 bits per heavy atom. The summed E-state index contributed by atoms with van der Waals surface area (Å²) < 4.78 is 0.885. The molecule has 1 heterocycles. The molecule has 0 radical (unpaired) electrons. The first kappa shape index (κ1) is 13.4. The van der Waals surface area contributed by atoms with E-state index in [0.717, 1.165) is 24.0 Å². The van der Waals surface area contributed by atoms with Crippen LogP contribution in [0.3, 0.4) is 0 Å². The molecule has 18 heavy (non-hydrogen) atoms. The van der Waals surface area contributed by atoms with Gasteiger partial charge in [0.05, 0.1) is 5.56 Å². The Kier molecular flexibility index (Phi) is 3.66. The number of carbonyl (C=O) groups is 1. The molecule has 1 aliphatic rings. The van der Waals surface area contributed by atoms with E-state index in [0.29, 0.717) is 11.3 Å². The van der Waals surface area contributed by atoms with Crippen LogP contribution in [-0.4, -0.2) is 23.9 Å². The molecule has 0 saturated carbocycles. The van der Waals surface area contributed by atoms with E-state index in [1.54, 1.807) is 12.1 Å². The van der Waals surface area contributed by atoms with Gasteiger partial charge in [-0.25, -0.2) is 0 Å². The Hall–Kier alpha value is -1.03. The van der Waals surface area contributed by atoms with Crippen LogP contribution in [0.2, 0.25) is 0 Å². The molecule has 0 aromatic heterocycles. The van der Waals surface area contributed by atoms with Gasteiger partial charge in [-0.3, -0.25) is 4.79 Å². The number of carbonyl (C=O) groups excluding carboxylic acids is 1. The highest BCUT2D eigenvalue weighted by Crippen LogP contribution is 2.30. The molecule has 0 spiro atoms. The first-order valence-electron chi connectivity index (χ1n) is 6.23. The van der Waals surface area contributed by atoms with E-state index < -0.39 is 0 Å². The molecule has 1 aromatic carbocycles. The fourth-order valence-electron chi connectivity index (χ4n) is 2.48. The van der Waals surface area contributed by atoms with E-state index in [1.807, 2.05) is 11.0 Å². The molecule has 98 valence electrons. The zero-order valence-corrected chi connectivity index (χ0v) is 12.5. The molecule has 2 N–H and O–H groups in total. The fourth-order valence-corrected chi connectivity index (χ4v) is 2.84. The van der Waals surface area contributed by atoms with E-state index >= 15 is 0 Å². The average molecular weight is 311 g/mol. The van der Waals surface area contributed by atoms with E-state index in [9.17, 15) is 4.79 Å². The van der Waals surface area contributed by atoms with Crippen LogP contribution in [0.15, 0.2) is 22.7 Å². The lowest BCUT2D eigenvalue weighted by Gasteiger charge is -2.38. The number of likely N-dealkylation sites (tertiary alicyclic amines) is 1. The second kappa shape index (κ2) is 4.92. The molecule has 0 atom stereocenters. The van der Waals surface area contributed by atoms with Crippen LogP contribution in [-0.2, 0) is 0 Å². The zero-order chi connectivity index (χ0) is 13.3. The van der Waals surface area contributed by atoms with Crippen LogP contribution < -0.4 is 5.73 Å². The lowest BCUT2D eigenvalue weighted by Crippen LogP contribution is -2.43. The van der Waals surface area contributed by atoms with Gasteiger partial charge < -0.3 is 10.6 Å². The quantitative estimate of drug-likeness (QED) is 0.809. The van der Waals surface area contributed by atoms with Crippen molar-refractivity contribution in [2.24, 2.45) is 5.41 Å². The smallest absolute Gasteiger partial charge is 0.256 e. The van der Waals surface area contributed by atoms with Crippen LogP contribution in [0, 0.1) is 5.41 Å².